The molecule has 0 aliphatic carbocycles. The third kappa shape index (κ3) is 2.70. The number of nitrogens with two attached hydrogens (primary N) is 1. The highest BCUT2D eigenvalue weighted by molar-refractivity contribution is 14.1. The van der Waals surface area contributed by atoms with Crippen LogP contribution in [0.25, 0.3) is 0 Å². The fourth-order valence-corrected chi connectivity index (χ4v) is 1.88. The lowest BCUT2D eigenvalue weighted by Gasteiger charge is -2.08. The number of aromatic nitrogens is 1. The molecule has 0 fully saturated rings. The molecule has 0 unspecified atom stereocenters. The molecule has 6 heteroatoms. The van der Waals surface area contributed by atoms with Crippen LogP contribution in [-0.2, 0) is 0 Å². The molecule has 1 aromatic carbocycles. The zero-order chi connectivity index (χ0) is 13.1. The molecule has 2 rings (SSSR count). The number of ether oxygens (including phenoxy) is 1. The molecule has 0 amide bonds. The number of benzene rings is 1. The summed E-state index contributed by atoms with van der Waals surface area (Å²) in [6.07, 6.45) is 1.35. The van der Waals surface area contributed by atoms with Crippen LogP contribution in [0.2, 0.25) is 0 Å². The molecule has 0 saturated carbocycles. The van der Waals surface area contributed by atoms with Crippen molar-refractivity contribution >= 4 is 34.2 Å². The summed E-state index contributed by atoms with van der Waals surface area (Å²) in [6, 6.07) is 8.62. The highest BCUT2D eigenvalue weighted by Gasteiger charge is 2.13. The molecule has 0 spiro atoms. The van der Waals surface area contributed by atoms with Gasteiger partial charge in [-0.1, -0.05) is 6.07 Å². The minimum atomic E-state index is -1.11. The first-order valence-corrected chi connectivity index (χ1v) is 6.07. The average molecular weight is 356 g/mol. The summed E-state index contributed by atoms with van der Waals surface area (Å²) >= 11 is 2.15. The Balaban J connectivity index is 2.35. The molecular weight excluding hydrogens is 347 g/mol. The van der Waals surface area contributed by atoms with E-state index in [1.807, 2.05) is 12.1 Å². The van der Waals surface area contributed by atoms with E-state index < -0.39 is 5.97 Å². The van der Waals surface area contributed by atoms with Gasteiger partial charge in [0.25, 0.3) is 0 Å². The fraction of sp³-hybridized carbons (Fsp3) is 0. The molecule has 0 bridgehead atoms. The predicted molar refractivity (Wildman–Crippen MR) is 74.8 cm³/mol. The van der Waals surface area contributed by atoms with Crippen LogP contribution in [0.4, 0.5) is 5.69 Å². The monoisotopic (exact) mass is 356 g/mol. The number of halogens is 1. The first-order chi connectivity index (χ1) is 8.58. The van der Waals surface area contributed by atoms with E-state index in [1.54, 1.807) is 12.1 Å². The summed E-state index contributed by atoms with van der Waals surface area (Å²) in [5, 5.41) is 8.94. The summed E-state index contributed by atoms with van der Waals surface area (Å²) in [6.45, 7) is 0. The molecule has 0 aliphatic rings. The maximum Gasteiger partial charge on any atom is 0.338 e. The van der Waals surface area contributed by atoms with Gasteiger partial charge < -0.3 is 15.6 Å². The maximum absolute atomic E-state index is 10.9. The van der Waals surface area contributed by atoms with Crippen LogP contribution in [-0.4, -0.2) is 16.1 Å². The minimum Gasteiger partial charge on any atom is -0.478 e. The van der Waals surface area contributed by atoms with Crippen molar-refractivity contribution in [2.75, 3.05) is 5.73 Å². The number of hydrogen-bond acceptors (Lipinski definition) is 4. The SMILES string of the molecule is Nc1c(C(=O)O)ccnc1Oc1cccc(I)c1. The normalized spacial score (nSPS) is 10.1. The number of hydrogen-bond donors (Lipinski definition) is 2. The van der Waals surface area contributed by atoms with E-state index in [0.717, 1.165) is 3.57 Å². The Morgan fingerprint density at radius 1 is 1.39 bits per heavy atom. The van der Waals surface area contributed by atoms with Gasteiger partial charge in [-0.05, 0) is 46.9 Å². The first-order valence-electron chi connectivity index (χ1n) is 4.99. The minimum absolute atomic E-state index is 0.0175. The lowest BCUT2D eigenvalue weighted by atomic mass is 10.2. The molecule has 18 heavy (non-hydrogen) atoms. The van der Waals surface area contributed by atoms with E-state index in [4.69, 9.17) is 15.6 Å². The van der Waals surface area contributed by atoms with Crippen LogP contribution < -0.4 is 10.5 Å². The van der Waals surface area contributed by atoms with Gasteiger partial charge in [-0.15, -0.1) is 0 Å². The Labute approximate surface area is 117 Å². The smallest absolute Gasteiger partial charge is 0.338 e. The molecule has 1 heterocycles. The largest absolute Gasteiger partial charge is 0.478 e. The predicted octanol–water partition coefficient (Wildman–Crippen LogP) is 2.76. The quantitative estimate of drug-likeness (QED) is 0.826. The fourth-order valence-electron chi connectivity index (χ4n) is 1.36. The number of carboxylic acid groups (broad SMARTS) is 1. The van der Waals surface area contributed by atoms with E-state index in [1.165, 1.54) is 12.3 Å². The van der Waals surface area contributed by atoms with Crippen molar-refractivity contribution in [2.45, 2.75) is 0 Å². The van der Waals surface area contributed by atoms with Crippen molar-refractivity contribution in [1.82, 2.24) is 4.98 Å². The first kappa shape index (κ1) is 12.6. The zero-order valence-electron chi connectivity index (χ0n) is 9.13. The van der Waals surface area contributed by atoms with Gasteiger partial charge in [-0.3, -0.25) is 0 Å². The Kier molecular flexibility index (Phi) is 3.66. The second-order valence-corrected chi connectivity index (χ2v) is 4.69. The number of anilines is 1. The summed E-state index contributed by atoms with van der Waals surface area (Å²) in [4.78, 5) is 14.8. The molecule has 2 aromatic rings. The van der Waals surface area contributed by atoms with Gasteiger partial charge in [0.15, 0.2) is 0 Å². The van der Waals surface area contributed by atoms with Crippen molar-refractivity contribution in [2.24, 2.45) is 0 Å². The Morgan fingerprint density at radius 3 is 2.83 bits per heavy atom. The summed E-state index contributed by atoms with van der Waals surface area (Å²) in [5.74, 6) is -0.456. The van der Waals surface area contributed by atoms with Gasteiger partial charge in [0, 0.05) is 9.77 Å². The van der Waals surface area contributed by atoms with Crippen molar-refractivity contribution in [3.8, 4) is 11.6 Å². The van der Waals surface area contributed by atoms with E-state index in [-0.39, 0.29) is 17.1 Å². The van der Waals surface area contributed by atoms with E-state index in [9.17, 15) is 4.79 Å². The highest BCUT2D eigenvalue weighted by Crippen LogP contribution is 2.28. The average Bonchev–Trinajstić information content (AvgIpc) is 2.31. The molecule has 0 saturated heterocycles. The molecule has 92 valence electrons. The summed E-state index contributed by atoms with van der Waals surface area (Å²) in [7, 11) is 0. The number of carbonyl (C=O) groups is 1. The third-order valence-corrected chi connectivity index (χ3v) is 2.87. The standard InChI is InChI=1S/C12H9IN2O3/c13-7-2-1-3-8(6-7)18-11-10(14)9(12(16)17)4-5-15-11/h1-6H,14H2,(H,16,17). The Morgan fingerprint density at radius 2 is 2.17 bits per heavy atom. The highest BCUT2D eigenvalue weighted by atomic mass is 127. The van der Waals surface area contributed by atoms with Crippen LogP contribution in [0.1, 0.15) is 10.4 Å². The number of nitrogens with zero attached hydrogens (tertiary/aromatic N) is 1. The molecule has 1 aromatic heterocycles. The Bertz CT molecular complexity index is 602. The molecule has 0 atom stereocenters. The third-order valence-electron chi connectivity index (χ3n) is 2.19. The number of nitrogen functional groups attached to an aromatic ring is 1. The van der Waals surface area contributed by atoms with Crippen molar-refractivity contribution < 1.29 is 14.6 Å². The maximum atomic E-state index is 10.9. The van der Waals surface area contributed by atoms with Gasteiger partial charge in [0.05, 0.1) is 5.56 Å². The number of pyridine rings is 1. The van der Waals surface area contributed by atoms with Crippen LogP contribution in [0.3, 0.4) is 0 Å². The van der Waals surface area contributed by atoms with Crippen LogP contribution in [0.5, 0.6) is 11.6 Å². The lowest BCUT2D eigenvalue weighted by Crippen LogP contribution is -2.05. The zero-order valence-corrected chi connectivity index (χ0v) is 11.3. The number of carboxylic acids is 1. The summed E-state index contributed by atoms with van der Waals surface area (Å²) < 4.78 is 6.47. The van der Waals surface area contributed by atoms with E-state index in [0.29, 0.717) is 5.75 Å². The lowest BCUT2D eigenvalue weighted by molar-refractivity contribution is 0.0697. The molecular formula is C12H9IN2O3. The van der Waals surface area contributed by atoms with E-state index >= 15 is 0 Å². The second-order valence-electron chi connectivity index (χ2n) is 3.44. The van der Waals surface area contributed by atoms with E-state index in [2.05, 4.69) is 27.6 Å². The second kappa shape index (κ2) is 5.21. The van der Waals surface area contributed by atoms with Crippen molar-refractivity contribution in [1.29, 1.82) is 0 Å². The Hall–Kier alpha value is -1.83. The van der Waals surface area contributed by atoms with Crippen LogP contribution >= 0.6 is 22.6 Å². The van der Waals surface area contributed by atoms with Crippen LogP contribution in [0.15, 0.2) is 36.5 Å². The molecule has 0 radical (unpaired) electrons. The van der Waals surface area contributed by atoms with Gasteiger partial charge in [0.1, 0.15) is 11.4 Å². The topological polar surface area (TPSA) is 85.4 Å². The van der Waals surface area contributed by atoms with Crippen molar-refractivity contribution in [3.63, 3.8) is 0 Å². The van der Waals surface area contributed by atoms with Crippen molar-refractivity contribution in [3.05, 3.63) is 45.7 Å². The number of aromatic carboxylic acids is 1. The van der Waals surface area contributed by atoms with Crippen LogP contribution in [0, 0.1) is 3.57 Å². The molecule has 5 nitrogen and oxygen atoms in total. The van der Waals surface area contributed by atoms with Gasteiger partial charge in [0.2, 0.25) is 5.88 Å². The van der Waals surface area contributed by atoms with Gasteiger partial charge in [-0.25, -0.2) is 9.78 Å². The molecule has 3 N–H and O–H groups in total. The summed E-state index contributed by atoms with van der Waals surface area (Å²) in [5.41, 5.74) is 5.69. The number of rotatable bonds is 3. The van der Waals surface area contributed by atoms with Gasteiger partial charge >= 0.3 is 5.97 Å². The van der Waals surface area contributed by atoms with Gasteiger partial charge in [-0.2, -0.15) is 0 Å². The molecule has 0 aliphatic heterocycles.